The van der Waals surface area contributed by atoms with Gasteiger partial charge in [-0.15, -0.1) is 0 Å². The highest BCUT2D eigenvalue weighted by Gasteiger charge is 2.32. The van der Waals surface area contributed by atoms with E-state index in [1.807, 2.05) is 6.92 Å². The summed E-state index contributed by atoms with van der Waals surface area (Å²) in [4.78, 5) is 21.3. The third kappa shape index (κ3) is 3.16. The number of piperidine rings is 1. The number of hydrogen-bond acceptors (Lipinski definition) is 5. The topological polar surface area (TPSA) is 62.5 Å². The Morgan fingerprint density at radius 3 is 2.55 bits per heavy atom. The molecule has 2 saturated heterocycles. The highest BCUT2D eigenvalue weighted by molar-refractivity contribution is 5.79. The average molecular weight is 306 g/mol. The van der Waals surface area contributed by atoms with Gasteiger partial charge >= 0.3 is 0 Å². The van der Waals surface area contributed by atoms with Crippen LogP contribution < -0.4 is 0 Å². The molecule has 2 aliphatic rings. The first kappa shape index (κ1) is 15.5. The summed E-state index contributed by atoms with van der Waals surface area (Å²) in [5, 5.41) is 3.97. The number of aryl methyl sites for hydroxylation is 1. The molecule has 22 heavy (non-hydrogen) atoms. The summed E-state index contributed by atoms with van der Waals surface area (Å²) in [6, 6.07) is 0.135. The van der Waals surface area contributed by atoms with E-state index in [1.54, 1.807) is 0 Å². The van der Waals surface area contributed by atoms with E-state index in [2.05, 4.69) is 26.9 Å². The van der Waals surface area contributed by atoms with Gasteiger partial charge in [-0.2, -0.15) is 4.98 Å². The SMILES string of the molecule is CCc1noc(C(C)N2CCC(C(=O)N3CCCC3)CC2)n1. The van der Waals surface area contributed by atoms with Crippen LogP contribution >= 0.6 is 0 Å². The molecule has 0 saturated carbocycles. The van der Waals surface area contributed by atoms with Crippen molar-refractivity contribution in [3.63, 3.8) is 0 Å². The Labute approximate surface area is 131 Å². The first-order valence-corrected chi connectivity index (χ1v) is 8.54. The molecule has 3 heterocycles. The van der Waals surface area contributed by atoms with Crippen molar-refractivity contribution in [1.29, 1.82) is 0 Å². The lowest BCUT2D eigenvalue weighted by molar-refractivity contribution is -0.136. The maximum Gasteiger partial charge on any atom is 0.243 e. The van der Waals surface area contributed by atoms with Crippen LogP contribution in [0.3, 0.4) is 0 Å². The normalized spacial score (nSPS) is 22.2. The smallest absolute Gasteiger partial charge is 0.243 e. The maximum absolute atomic E-state index is 12.5. The monoisotopic (exact) mass is 306 g/mol. The minimum atomic E-state index is 0.135. The second-order valence-electron chi connectivity index (χ2n) is 6.42. The fourth-order valence-corrected chi connectivity index (χ4v) is 3.47. The lowest BCUT2D eigenvalue weighted by Gasteiger charge is -2.35. The van der Waals surface area contributed by atoms with Crippen molar-refractivity contribution >= 4 is 5.91 Å². The van der Waals surface area contributed by atoms with Crippen molar-refractivity contribution < 1.29 is 9.32 Å². The molecule has 1 aromatic rings. The Balaban J connectivity index is 1.53. The van der Waals surface area contributed by atoms with E-state index in [0.717, 1.165) is 51.3 Å². The van der Waals surface area contributed by atoms with E-state index >= 15 is 0 Å². The fourth-order valence-electron chi connectivity index (χ4n) is 3.47. The molecule has 0 bridgehead atoms. The molecule has 2 aliphatic heterocycles. The molecule has 0 radical (unpaired) electrons. The van der Waals surface area contributed by atoms with E-state index in [1.165, 1.54) is 12.8 Å². The summed E-state index contributed by atoms with van der Waals surface area (Å²) in [7, 11) is 0. The van der Waals surface area contributed by atoms with Crippen LogP contribution in [-0.4, -0.2) is 52.0 Å². The number of carbonyl (C=O) groups is 1. The van der Waals surface area contributed by atoms with E-state index in [4.69, 9.17) is 4.52 Å². The highest BCUT2D eigenvalue weighted by atomic mass is 16.5. The zero-order chi connectivity index (χ0) is 15.5. The van der Waals surface area contributed by atoms with Gasteiger partial charge in [0.25, 0.3) is 0 Å². The van der Waals surface area contributed by atoms with E-state index in [0.29, 0.717) is 11.8 Å². The molecule has 1 aromatic heterocycles. The Bertz CT molecular complexity index is 502. The maximum atomic E-state index is 12.5. The zero-order valence-corrected chi connectivity index (χ0v) is 13.6. The lowest BCUT2D eigenvalue weighted by atomic mass is 9.94. The molecule has 1 amide bonds. The number of nitrogens with zero attached hydrogens (tertiary/aromatic N) is 4. The van der Waals surface area contributed by atoms with Gasteiger partial charge in [0.05, 0.1) is 6.04 Å². The molecule has 0 spiro atoms. The summed E-state index contributed by atoms with van der Waals surface area (Å²) >= 11 is 0. The Kier molecular flexibility index (Phi) is 4.76. The summed E-state index contributed by atoms with van der Waals surface area (Å²) in [5.41, 5.74) is 0. The van der Waals surface area contributed by atoms with Gasteiger partial charge in [0.1, 0.15) is 0 Å². The van der Waals surface area contributed by atoms with E-state index in [9.17, 15) is 4.79 Å². The molecule has 0 N–H and O–H groups in total. The number of carbonyl (C=O) groups excluding carboxylic acids is 1. The van der Waals surface area contributed by atoms with Crippen LogP contribution in [0.1, 0.15) is 57.3 Å². The predicted molar refractivity (Wildman–Crippen MR) is 82.2 cm³/mol. The molecular weight excluding hydrogens is 280 g/mol. The van der Waals surface area contributed by atoms with Crippen molar-refractivity contribution in [2.45, 2.75) is 52.0 Å². The van der Waals surface area contributed by atoms with Crippen molar-refractivity contribution in [2.24, 2.45) is 5.92 Å². The van der Waals surface area contributed by atoms with Crippen LogP contribution in [0.4, 0.5) is 0 Å². The van der Waals surface area contributed by atoms with Crippen molar-refractivity contribution in [3.8, 4) is 0 Å². The molecule has 6 nitrogen and oxygen atoms in total. The van der Waals surface area contributed by atoms with E-state index < -0.39 is 0 Å². The summed E-state index contributed by atoms with van der Waals surface area (Å²) < 4.78 is 5.35. The van der Waals surface area contributed by atoms with Crippen molar-refractivity contribution in [3.05, 3.63) is 11.7 Å². The highest BCUT2D eigenvalue weighted by Crippen LogP contribution is 2.27. The van der Waals surface area contributed by atoms with Crippen molar-refractivity contribution in [2.75, 3.05) is 26.2 Å². The minimum Gasteiger partial charge on any atom is -0.342 e. The van der Waals surface area contributed by atoms with Crippen LogP contribution in [0.5, 0.6) is 0 Å². The number of rotatable bonds is 4. The van der Waals surface area contributed by atoms with Gasteiger partial charge in [0, 0.05) is 25.4 Å². The van der Waals surface area contributed by atoms with Crippen LogP contribution in [0, 0.1) is 5.92 Å². The quantitative estimate of drug-likeness (QED) is 0.851. The number of likely N-dealkylation sites (tertiary alicyclic amines) is 2. The van der Waals surface area contributed by atoms with Gasteiger partial charge in [0.15, 0.2) is 5.82 Å². The third-order valence-electron chi connectivity index (χ3n) is 5.00. The number of hydrogen-bond donors (Lipinski definition) is 0. The Morgan fingerprint density at radius 2 is 1.95 bits per heavy atom. The van der Waals surface area contributed by atoms with Crippen LogP contribution in [0.15, 0.2) is 4.52 Å². The summed E-state index contributed by atoms with van der Waals surface area (Å²) in [6.07, 6.45) is 5.00. The molecule has 0 aliphatic carbocycles. The number of amides is 1. The lowest BCUT2D eigenvalue weighted by Crippen LogP contribution is -2.42. The second kappa shape index (κ2) is 6.77. The molecule has 2 fully saturated rings. The molecular formula is C16H26N4O2. The predicted octanol–water partition coefficient (Wildman–Crippen LogP) is 2.03. The third-order valence-corrected chi connectivity index (χ3v) is 5.00. The molecule has 1 atom stereocenters. The minimum absolute atomic E-state index is 0.135. The first-order valence-electron chi connectivity index (χ1n) is 8.54. The molecule has 3 rings (SSSR count). The molecule has 122 valence electrons. The van der Waals surface area contributed by atoms with Gasteiger partial charge in [-0.1, -0.05) is 12.1 Å². The summed E-state index contributed by atoms with van der Waals surface area (Å²) in [6.45, 7) is 7.89. The van der Waals surface area contributed by atoms with Gasteiger partial charge in [0.2, 0.25) is 11.8 Å². The average Bonchev–Trinajstić information content (AvgIpc) is 3.25. The second-order valence-corrected chi connectivity index (χ2v) is 6.42. The van der Waals surface area contributed by atoms with Gasteiger partial charge in [-0.3, -0.25) is 9.69 Å². The Hall–Kier alpha value is -1.43. The van der Waals surface area contributed by atoms with Crippen molar-refractivity contribution in [1.82, 2.24) is 19.9 Å². The molecule has 1 unspecified atom stereocenters. The fraction of sp³-hybridized carbons (Fsp3) is 0.812. The first-order chi connectivity index (χ1) is 10.7. The van der Waals surface area contributed by atoms with Crippen LogP contribution in [-0.2, 0) is 11.2 Å². The standard InChI is InChI=1S/C16H26N4O2/c1-3-14-17-15(22-18-14)12(2)19-10-6-13(7-11-19)16(21)20-8-4-5-9-20/h12-13H,3-11H2,1-2H3. The van der Waals surface area contributed by atoms with E-state index in [-0.39, 0.29) is 12.0 Å². The van der Waals surface area contributed by atoms with Crippen LogP contribution in [0.2, 0.25) is 0 Å². The van der Waals surface area contributed by atoms with Gasteiger partial charge < -0.3 is 9.42 Å². The van der Waals surface area contributed by atoms with Gasteiger partial charge in [-0.05, 0) is 45.7 Å². The largest absolute Gasteiger partial charge is 0.342 e. The van der Waals surface area contributed by atoms with Crippen LogP contribution in [0.25, 0.3) is 0 Å². The Morgan fingerprint density at radius 1 is 1.27 bits per heavy atom. The summed E-state index contributed by atoms with van der Waals surface area (Å²) in [5.74, 6) is 2.04. The molecule has 0 aromatic carbocycles. The van der Waals surface area contributed by atoms with Gasteiger partial charge in [-0.25, -0.2) is 0 Å². The zero-order valence-electron chi connectivity index (χ0n) is 13.6. The molecule has 6 heteroatoms. The number of aromatic nitrogens is 2.